The first-order valence-corrected chi connectivity index (χ1v) is 16.0. The number of rotatable bonds is 10. The Morgan fingerprint density at radius 3 is 2.56 bits per heavy atom. The Kier molecular flexibility index (Phi) is 8.76. The van der Waals surface area contributed by atoms with Crippen molar-refractivity contribution in [3.63, 3.8) is 0 Å². The molecule has 5 rings (SSSR count). The highest BCUT2D eigenvalue weighted by Gasteiger charge is 2.62. The Morgan fingerprint density at radius 2 is 1.79 bits per heavy atom. The van der Waals surface area contributed by atoms with Crippen LogP contribution in [0.4, 0.5) is 0 Å². The maximum absolute atomic E-state index is 12.6. The standard InChI is InChI=1S/C34H51NO4/c1-4-5-6-19-35-31(38)8-7-20-39-26-11-9-23(10-12-26)27-22-24-21-25(36)15-17-33(24,2)29-16-18-34(3)28(32(27)29)13-14-30(34)37/h9-12,24,27-30,32,37H,4-8,13-22H2,1-3H3,(H,35,38)/t24-,27+,28+,29+,30+,32+,33+,34+/m1/s1. The second-order valence-electron chi connectivity index (χ2n) is 13.8. The van der Waals surface area contributed by atoms with Gasteiger partial charge in [0.25, 0.3) is 0 Å². The van der Waals surface area contributed by atoms with Gasteiger partial charge in [-0.3, -0.25) is 9.59 Å². The van der Waals surface area contributed by atoms with E-state index in [1.54, 1.807) is 0 Å². The Labute approximate surface area is 235 Å². The van der Waals surface area contributed by atoms with E-state index in [1.165, 1.54) is 12.0 Å². The largest absolute Gasteiger partial charge is 0.494 e. The van der Waals surface area contributed by atoms with E-state index in [2.05, 4.69) is 50.4 Å². The lowest BCUT2D eigenvalue weighted by atomic mass is 9.42. The number of aliphatic hydroxyl groups excluding tert-OH is 1. The average molecular weight is 538 g/mol. The summed E-state index contributed by atoms with van der Waals surface area (Å²) >= 11 is 0. The van der Waals surface area contributed by atoms with Gasteiger partial charge in [0.05, 0.1) is 12.7 Å². The minimum atomic E-state index is -0.184. The molecule has 0 spiro atoms. The molecular formula is C34H51NO4. The minimum Gasteiger partial charge on any atom is -0.494 e. The molecule has 1 aromatic rings. The van der Waals surface area contributed by atoms with E-state index in [0.717, 1.165) is 76.5 Å². The number of ether oxygens (including phenoxy) is 1. The van der Waals surface area contributed by atoms with Gasteiger partial charge in [-0.2, -0.15) is 0 Å². The zero-order chi connectivity index (χ0) is 27.6. The molecule has 4 saturated carbocycles. The number of benzene rings is 1. The van der Waals surface area contributed by atoms with E-state index < -0.39 is 0 Å². The summed E-state index contributed by atoms with van der Waals surface area (Å²) in [5, 5.41) is 14.0. The molecular weight excluding hydrogens is 486 g/mol. The number of amides is 1. The summed E-state index contributed by atoms with van der Waals surface area (Å²) in [6, 6.07) is 8.70. The van der Waals surface area contributed by atoms with Gasteiger partial charge in [-0.15, -0.1) is 0 Å². The second kappa shape index (κ2) is 11.9. The lowest BCUT2D eigenvalue weighted by molar-refractivity contribution is -0.146. The number of hydrogen-bond donors (Lipinski definition) is 2. The molecule has 0 aliphatic heterocycles. The summed E-state index contributed by atoms with van der Waals surface area (Å²) in [7, 11) is 0. The third-order valence-electron chi connectivity index (χ3n) is 11.7. The van der Waals surface area contributed by atoms with Crippen LogP contribution in [0.1, 0.15) is 116 Å². The summed E-state index contributed by atoms with van der Waals surface area (Å²) in [6.07, 6.45) is 12.4. The van der Waals surface area contributed by atoms with E-state index in [0.29, 0.717) is 54.8 Å². The maximum atomic E-state index is 12.6. The molecule has 1 aromatic carbocycles. The zero-order valence-electron chi connectivity index (χ0n) is 24.6. The minimum absolute atomic E-state index is 0.0262. The predicted molar refractivity (Wildman–Crippen MR) is 155 cm³/mol. The normalized spacial score (nSPS) is 37.5. The molecule has 216 valence electrons. The van der Waals surface area contributed by atoms with Crippen molar-refractivity contribution in [1.82, 2.24) is 5.32 Å². The van der Waals surface area contributed by atoms with Crippen molar-refractivity contribution in [2.75, 3.05) is 13.2 Å². The van der Waals surface area contributed by atoms with Crippen molar-refractivity contribution >= 4 is 11.7 Å². The van der Waals surface area contributed by atoms with Crippen LogP contribution >= 0.6 is 0 Å². The molecule has 0 heterocycles. The monoisotopic (exact) mass is 537 g/mol. The maximum Gasteiger partial charge on any atom is 0.220 e. The van der Waals surface area contributed by atoms with Crippen LogP contribution in [0.15, 0.2) is 24.3 Å². The van der Waals surface area contributed by atoms with Crippen molar-refractivity contribution in [1.29, 1.82) is 0 Å². The molecule has 0 saturated heterocycles. The number of fused-ring (bicyclic) bond motifs is 5. The van der Waals surface area contributed by atoms with Gasteiger partial charge in [0.2, 0.25) is 5.91 Å². The summed E-state index contributed by atoms with van der Waals surface area (Å²) in [5.74, 6) is 4.06. The van der Waals surface area contributed by atoms with Crippen molar-refractivity contribution < 1.29 is 19.4 Å². The number of hydrogen-bond acceptors (Lipinski definition) is 4. The quantitative estimate of drug-likeness (QED) is 0.321. The highest BCUT2D eigenvalue weighted by Crippen LogP contribution is 2.68. The average Bonchev–Trinajstić information content (AvgIpc) is 3.24. The fourth-order valence-electron chi connectivity index (χ4n) is 9.31. The molecule has 1 amide bonds. The fraction of sp³-hybridized carbons (Fsp3) is 0.765. The molecule has 0 bridgehead atoms. The number of carbonyl (C=O) groups is 2. The van der Waals surface area contributed by atoms with Gasteiger partial charge in [0, 0.05) is 25.8 Å². The number of ketones is 1. The molecule has 2 N–H and O–H groups in total. The summed E-state index contributed by atoms with van der Waals surface area (Å²) in [4.78, 5) is 24.6. The molecule has 0 aromatic heterocycles. The molecule has 5 nitrogen and oxygen atoms in total. The second-order valence-corrected chi connectivity index (χ2v) is 13.8. The molecule has 4 fully saturated rings. The zero-order valence-corrected chi connectivity index (χ0v) is 24.6. The first-order valence-electron chi connectivity index (χ1n) is 16.0. The molecule has 0 unspecified atom stereocenters. The van der Waals surface area contributed by atoms with Crippen LogP contribution in [0.3, 0.4) is 0 Å². The van der Waals surface area contributed by atoms with Gasteiger partial charge < -0.3 is 15.2 Å². The fourth-order valence-corrected chi connectivity index (χ4v) is 9.31. The van der Waals surface area contributed by atoms with E-state index >= 15 is 0 Å². The number of Topliss-reactive ketones (excluding diaryl/α,β-unsaturated/α-hetero) is 1. The van der Waals surface area contributed by atoms with E-state index in [4.69, 9.17) is 4.74 Å². The third kappa shape index (κ3) is 5.67. The Morgan fingerprint density at radius 1 is 1.03 bits per heavy atom. The lowest BCUT2D eigenvalue weighted by Gasteiger charge is -2.62. The van der Waals surface area contributed by atoms with Crippen LogP contribution in [0.2, 0.25) is 0 Å². The van der Waals surface area contributed by atoms with Gasteiger partial charge in [0.15, 0.2) is 0 Å². The Bertz CT molecular complexity index is 1010. The molecule has 0 radical (unpaired) electrons. The van der Waals surface area contributed by atoms with Crippen molar-refractivity contribution in [3.8, 4) is 5.75 Å². The Balaban J connectivity index is 1.25. The van der Waals surface area contributed by atoms with Crippen molar-refractivity contribution in [2.24, 2.45) is 34.5 Å². The topological polar surface area (TPSA) is 75.6 Å². The van der Waals surface area contributed by atoms with E-state index in [1.807, 2.05) is 0 Å². The van der Waals surface area contributed by atoms with Gasteiger partial charge in [-0.05, 0) is 109 Å². The molecule has 5 heteroatoms. The lowest BCUT2D eigenvalue weighted by Crippen LogP contribution is -2.56. The van der Waals surface area contributed by atoms with Crippen LogP contribution in [0, 0.1) is 34.5 Å². The van der Waals surface area contributed by atoms with Crippen molar-refractivity contribution in [2.45, 2.75) is 116 Å². The number of unbranched alkanes of at least 4 members (excludes halogenated alkanes) is 2. The number of carbonyl (C=O) groups excluding carboxylic acids is 2. The SMILES string of the molecule is CCCCCNC(=O)CCCOc1ccc([C@@H]2C[C@H]3CC(=O)CC[C@]3(C)[C@H]3CC[C@]4(C)[C@@H](O)CC[C@H]4[C@H]23)cc1. The van der Waals surface area contributed by atoms with Crippen LogP contribution in [-0.4, -0.2) is 36.1 Å². The molecule has 39 heavy (non-hydrogen) atoms. The highest BCUT2D eigenvalue weighted by atomic mass is 16.5. The number of aliphatic hydroxyl groups is 1. The van der Waals surface area contributed by atoms with Crippen LogP contribution in [-0.2, 0) is 9.59 Å². The van der Waals surface area contributed by atoms with Crippen LogP contribution in [0.25, 0.3) is 0 Å². The predicted octanol–water partition coefficient (Wildman–Crippen LogP) is 6.82. The van der Waals surface area contributed by atoms with Crippen LogP contribution < -0.4 is 10.1 Å². The molecule has 8 atom stereocenters. The van der Waals surface area contributed by atoms with Crippen LogP contribution in [0.5, 0.6) is 5.75 Å². The molecule has 4 aliphatic carbocycles. The first-order chi connectivity index (χ1) is 18.8. The third-order valence-corrected chi connectivity index (χ3v) is 11.7. The van der Waals surface area contributed by atoms with Gasteiger partial charge >= 0.3 is 0 Å². The first kappa shape index (κ1) is 28.6. The van der Waals surface area contributed by atoms with Gasteiger partial charge in [0.1, 0.15) is 11.5 Å². The number of nitrogens with one attached hydrogen (secondary N) is 1. The molecule has 4 aliphatic rings. The van der Waals surface area contributed by atoms with Gasteiger partial charge in [-0.25, -0.2) is 0 Å². The smallest absolute Gasteiger partial charge is 0.220 e. The van der Waals surface area contributed by atoms with E-state index in [9.17, 15) is 14.7 Å². The van der Waals surface area contributed by atoms with Gasteiger partial charge in [-0.1, -0.05) is 45.7 Å². The van der Waals surface area contributed by atoms with E-state index in [-0.39, 0.29) is 22.8 Å². The summed E-state index contributed by atoms with van der Waals surface area (Å²) < 4.78 is 6.01. The highest BCUT2D eigenvalue weighted by molar-refractivity contribution is 5.79. The summed E-state index contributed by atoms with van der Waals surface area (Å²) in [6.45, 7) is 8.32. The van der Waals surface area contributed by atoms with Crippen molar-refractivity contribution in [3.05, 3.63) is 29.8 Å². The summed E-state index contributed by atoms with van der Waals surface area (Å²) in [5.41, 5.74) is 1.64. The Hall–Kier alpha value is -1.88.